The van der Waals surface area contributed by atoms with Crippen molar-refractivity contribution in [3.63, 3.8) is 0 Å². The highest BCUT2D eigenvalue weighted by molar-refractivity contribution is 5.94. The Kier molecular flexibility index (Phi) is 7.30. The summed E-state index contributed by atoms with van der Waals surface area (Å²) in [6, 6.07) is 9.90. The highest BCUT2D eigenvalue weighted by Gasteiger charge is 2.41. The minimum absolute atomic E-state index is 0.0209. The normalized spacial score (nSPS) is 15.7. The number of aromatic amines is 1. The second kappa shape index (κ2) is 10.4. The topological polar surface area (TPSA) is 126 Å². The number of fused-ring (bicyclic) bond motifs is 1. The molecule has 0 spiro atoms. The van der Waals surface area contributed by atoms with Crippen LogP contribution in [-0.2, 0) is 20.5 Å². The number of hydrogen-bond acceptors (Lipinski definition) is 8. The zero-order valence-electron chi connectivity index (χ0n) is 22.2. The predicted octanol–water partition coefficient (Wildman–Crippen LogP) is 4.80. The van der Waals surface area contributed by atoms with Crippen LogP contribution in [0, 0.1) is 11.3 Å². The van der Waals surface area contributed by atoms with E-state index in [1.54, 1.807) is 26.8 Å². The van der Waals surface area contributed by atoms with E-state index in [4.69, 9.17) is 9.57 Å². The predicted molar refractivity (Wildman–Crippen MR) is 139 cm³/mol. The fraction of sp³-hybridized carbons (Fsp3) is 0.296. The van der Waals surface area contributed by atoms with Crippen molar-refractivity contribution in [2.45, 2.75) is 45.5 Å². The maximum atomic E-state index is 13.5. The molecule has 0 fully saturated rings. The van der Waals surface area contributed by atoms with E-state index in [9.17, 15) is 28.0 Å². The fourth-order valence-corrected chi connectivity index (χ4v) is 4.32. The molecular formula is C27H25F3N6O4. The van der Waals surface area contributed by atoms with Crippen LogP contribution in [0.1, 0.15) is 56.0 Å². The number of nitrogens with one attached hydrogen (secondary N) is 1. The molecule has 40 heavy (non-hydrogen) atoms. The smallest absolute Gasteiger partial charge is 0.416 e. The van der Waals surface area contributed by atoms with Crippen molar-refractivity contribution in [2.24, 2.45) is 5.16 Å². The number of ether oxygens (including phenoxy) is 1. The van der Waals surface area contributed by atoms with Gasteiger partial charge in [-0.3, -0.25) is 4.90 Å². The van der Waals surface area contributed by atoms with Gasteiger partial charge in [0.25, 0.3) is 0 Å². The molecule has 0 saturated carbocycles. The average Bonchev–Trinajstić information content (AvgIpc) is 3.27. The number of halogens is 3. The quantitative estimate of drug-likeness (QED) is 0.273. The van der Waals surface area contributed by atoms with Crippen LogP contribution in [-0.4, -0.2) is 39.7 Å². The van der Waals surface area contributed by atoms with Crippen LogP contribution >= 0.6 is 0 Å². The minimum Gasteiger partial charge on any atom is -0.466 e. The van der Waals surface area contributed by atoms with Gasteiger partial charge >= 0.3 is 17.8 Å². The third-order valence-electron chi connectivity index (χ3n) is 6.01. The van der Waals surface area contributed by atoms with Gasteiger partial charge in [-0.1, -0.05) is 17.3 Å². The van der Waals surface area contributed by atoms with E-state index in [1.165, 1.54) is 42.3 Å². The van der Waals surface area contributed by atoms with Crippen molar-refractivity contribution < 1.29 is 27.5 Å². The highest BCUT2D eigenvalue weighted by Crippen LogP contribution is 2.43. The summed E-state index contributed by atoms with van der Waals surface area (Å²) < 4.78 is 46.8. The molecule has 4 rings (SSSR count). The number of carbonyl (C=O) groups is 1. The Morgan fingerprint density at radius 2 is 1.93 bits per heavy atom. The summed E-state index contributed by atoms with van der Waals surface area (Å²) in [6.07, 6.45) is -3.27. The monoisotopic (exact) mass is 554 g/mol. The van der Waals surface area contributed by atoms with Gasteiger partial charge in [-0.05, 0) is 63.6 Å². The number of nitrogens with zero attached hydrogens (tertiary/aromatic N) is 5. The Bertz CT molecular complexity index is 1620. The molecule has 13 heteroatoms. The number of nitriles is 1. The first-order valence-corrected chi connectivity index (χ1v) is 12.0. The molecule has 0 radical (unpaired) electrons. The summed E-state index contributed by atoms with van der Waals surface area (Å²) in [6.45, 7) is 6.89. The summed E-state index contributed by atoms with van der Waals surface area (Å²) >= 11 is 0. The Hall–Kier alpha value is -4.86. The molecule has 0 aliphatic carbocycles. The molecule has 0 unspecified atom stereocenters. The maximum Gasteiger partial charge on any atom is 0.416 e. The average molecular weight is 555 g/mol. The second-order valence-electron chi connectivity index (χ2n) is 9.87. The van der Waals surface area contributed by atoms with Gasteiger partial charge in [0.1, 0.15) is 11.6 Å². The van der Waals surface area contributed by atoms with Gasteiger partial charge in [0, 0.05) is 16.9 Å². The minimum atomic E-state index is -4.63. The molecule has 1 atom stereocenters. The Balaban J connectivity index is 2.00. The van der Waals surface area contributed by atoms with Gasteiger partial charge < -0.3 is 9.57 Å². The summed E-state index contributed by atoms with van der Waals surface area (Å²) in [5.74, 6) is -0.880. The van der Waals surface area contributed by atoms with Gasteiger partial charge in [0.15, 0.2) is 0 Å². The summed E-state index contributed by atoms with van der Waals surface area (Å²) in [4.78, 5) is 33.1. The lowest BCUT2D eigenvalue weighted by molar-refractivity contribution is -0.138. The third-order valence-corrected chi connectivity index (χ3v) is 6.01. The van der Waals surface area contributed by atoms with E-state index in [0.717, 1.165) is 23.8 Å². The molecule has 1 N–H and O–H groups in total. The molecule has 10 nitrogen and oxygen atoms in total. The summed E-state index contributed by atoms with van der Waals surface area (Å²) in [5.41, 5.74) is -1.11. The van der Waals surface area contributed by atoms with Crippen molar-refractivity contribution in [3.05, 3.63) is 86.5 Å². The lowest BCUT2D eigenvalue weighted by atomic mass is 9.90. The van der Waals surface area contributed by atoms with Crippen LogP contribution in [0.5, 0.6) is 0 Å². The number of carbonyl (C=O) groups excluding carboxylic acids is 1. The zero-order chi connectivity index (χ0) is 29.4. The third kappa shape index (κ3) is 5.33. The number of aromatic nitrogens is 3. The molecule has 0 bridgehead atoms. The van der Waals surface area contributed by atoms with E-state index in [-0.39, 0.29) is 28.5 Å². The largest absolute Gasteiger partial charge is 0.466 e. The van der Waals surface area contributed by atoms with Gasteiger partial charge in [-0.25, -0.2) is 19.3 Å². The number of anilines is 2. The second-order valence-corrected chi connectivity index (χ2v) is 9.87. The first-order chi connectivity index (χ1) is 18.8. The standard InChI is InChI=1S/C27H25F3N6O4/c1-15-21(23(37)39-5)22(20-10-9-16(13-31)11-17(20)14-32-40-26(2,3)4)36-24(33-34-25(36)38)35(15)19-8-6-7-18(12-19)27(28,29)30/h6-12,14,22H,1-5H3,(H,34,38)/b32-14+/t22-/m1/s1. The molecule has 2 heterocycles. The van der Waals surface area contributed by atoms with E-state index >= 15 is 0 Å². The molecule has 1 aliphatic heterocycles. The Morgan fingerprint density at radius 1 is 1.20 bits per heavy atom. The first-order valence-electron chi connectivity index (χ1n) is 12.0. The molecule has 0 saturated heterocycles. The molecule has 208 valence electrons. The number of hydrogen-bond donors (Lipinski definition) is 1. The zero-order valence-corrected chi connectivity index (χ0v) is 22.2. The lowest BCUT2D eigenvalue weighted by Gasteiger charge is -2.36. The van der Waals surface area contributed by atoms with E-state index in [1.807, 2.05) is 6.07 Å². The maximum absolute atomic E-state index is 13.5. The highest BCUT2D eigenvalue weighted by atomic mass is 19.4. The van der Waals surface area contributed by atoms with Crippen LogP contribution in [0.4, 0.5) is 24.8 Å². The molecule has 1 aliphatic rings. The number of oxime groups is 1. The van der Waals surface area contributed by atoms with E-state index < -0.39 is 35.0 Å². The number of H-pyrrole nitrogens is 1. The van der Waals surface area contributed by atoms with Gasteiger partial charge in [0.05, 0.1) is 36.1 Å². The molecule has 1 aromatic heterocycles. The Labute approximate surface area is 226 Å². The van der Waals surface area contributed by atoms with Gasteiger partial charge in [0.2, 0.25) is 5.95 Å². The van der Waals surface area contributed by atoms with Crippen LogP contribution in [0.25, 0.3) is 0 Å². The van der Waals surface area contributed by atoms with E-state index in [0.29, 0.717) is 11.1 Å². The van der Waals surface area contributed by atoms with Crippen molar-refractivity contribution in [3.8, 4) is 6.07 Å². The molecule has 3 aromatic rings. The number of esters is 1. The van der Waals surface area contributed by atoms with Gasteiger partial charge in [-0.15, -0.1) is 5.10 Å². The first kappa shape index (κ1) is 28.2. The van der Waals surface area contributed by atoms with Crippen LogP contribution in [0.3, 0.4) is 0 Å². The fourth-order valence-electron chi connectivity index (χ4n) is 4.32. The number of alkyl halides is 3. The molecule has 2 aromatic carbocycles. The number of allylic oxidation sites excluding steroid dienone is 1. The van der Waals surface area contributed by atoms with Crippen molar-refractivity contribution in [2.75, 3.05) is 12.0 Å². The van der Waals surface area contributed by atoms with Crippen LogP contribution in [0.2, 0.25) is 0 Å². The van der Waals surface area contributed by atoms with Crippen molar-refractivity contribution in [1.82, 2.24) is 14.8 Å². The SMILES string of the molecule is COC(=O)C1=C(C)N(c2cccc(C(F)(F)F)c2)c2n[nH]c(=O)n2[C@@H]1c1ccc(C#N)cc1/C=N/OC(C)(C)C. The number of benzene rings is 2. The molecular weight excluding hydrogens is 529 g/mol. The summed E-state index contributed by atoms with van der Waals surface area (Å²) in [5, 5.41) is 19.9. The van der Waals surface area contributed by atoms with Gasteiger partial charge in [-0.2, -0.15) is 18.4 Å². The van der Waals surface area contributed by atoms with Crippen molar-refractivity contribution in [1.29, 1.82) is 5.26 Å². The lowest BCUT2D eigenvalue weighted by Crippen LogP contribution is -2.38. The van der Waals surface area contributed by atoms with Crippen molar-refractivity contribution >= 4 is 23.8 Å². The van der Waals surface area contributed by atoms with Crippen LogP contribution < -0.4 is 10.6 Å². The Morgan fingerprint density at radius 3 is 2.55 bits per heavy atom. The van der Waals surface area contributed by atoms with E-state index in [2.05, 4.69) is 15.4 Å². The molecule has 0 amide bonds. The van der Waals surface area contributed by atoms with Crippen LogP contribution in [0.15, 0.2) is 63.7 Å². The number of methoxy groups -OCH3 is 1. The summed E-state index contributed by atoms with van der Waals surface area (Å²) in [7, 11) is 1.15. The number of rotatable bonds is 5.